The predicted octanol–water partition coefficient (Wildman–Crippen LogP) is -0.492. The standard InChI is InChI=1S/C12H17N3O4S/c1-8-5-10(7-11(6-8)20(13,18)19)12(17)15-4-3-14-9(2)16/h5-7H,3-4H2,1-2H3,(H,14,16)(H,15,17)(H2,13,18,19). The number of amides is 2. The summed E-state index contributed by atoms with van der Waals surface area (Å²) in [5.74, 6) is -0.615. The summed E-state index contributed by atoms with van der Waals surface area (Å²) in [7, 11) is -3.85. The molecule has 0 unspecified atom stereocenters. The monoisotopic (exact) mass is 299 g/mol. The fourth-order valence-corrected chi connectivity index (χ4v) is 2.20. The van der Waals surface area contributed by atoms with E-state index in [0.29, 0.717) is 12.1 Å². The van der Waals surface area contributed by atoms with Gasteiger partial charge in [-0.15, -0.1) is 0 Å². The molecular weight excluding hydrogens is 282 g/mol. The molecule has 1 aromatic rings. The second-order valence-electron chi connectivity index (χ2n) is 4.32. The first-order valence-corrected chi connectivity index (χ1v) is 7.42. The molecule has 0 aromatic heterocycles. The molecule has 20 heavy (non-hydrogen) atoms. The van der Waals surface area contributed by atoms with Gasteiger partial charge in [0.2, 0.25) is 15.9 Å². The zero-order valence-corrected chi connectivity index (χ0v) is 12.1. The largest absolute Gasteiger partial charge is 0.355 e. The van der Waals surface area contributed by atoms with Crippen LogP contribution in [0, 0.1) is 6.92 Å². The van der Waals surface area contributed by atoms with Crippen molar-refractivity contribution < 1.29 is 18.0 Å². The maximum absolute atomic E-state index is 11.9. The molecule has 1 rings (SSSR count). The van der Waals surface area contributed by atoms with E-state index in [9.17, 15) is 18.0 Å². The number of nitrogens with one attached hydrogen (secondary N) is 2. The van der Waals surface area contributed by atoms with Gasteiger partial charge >= 0.3 is 0 Å². The van der Waals surface area contributed by atoms with E-state index >= 15 is 0 Å². The third-order valence-corrected chi connectivity index (χ3v) is 3.32. The minimum Gasteiger partial charge on any atom is -0.355 e. The van der Waals surface area contributed by atoms with Gasteiger partial charge in [-0.05, 0) is 30.7 Å². The third kappa shape index (κ3) is 4.98. The Labute approximate surface area is 117 Å². The van der Waals surface area contributed by atoms with E-state index in [4.69, 9.17) is 5.14 Å². The number of hydrogen-bond donors (Lipinski definition) is 3. The second kappa shape index (κ2) is 6.49. The molecule has 0 saturated carbocycles. The van der Waals surface area contributed by atoms with Crippen molar-refractivity contribution in [2.24, 2.45) is 5.14 Å². The fraction of sp³-hybridized carbons (Fsp3) is 0.333. The van der Waals surface area contributed by atoms with Crippen LogP contribution in [0.2, 0.25) is 0 Å². The van der Waals surface area contributed by atoms with Crippen LogP contribution in [0.5, 0.6) is 0 Å². The molecule has 1 aromatic carbocycles. The minimum atomic E-state index is -3.85. The first-order valence-electron chi connectivity index (χ1n) is 5.87. The van der Waals surface area contributed by atoms with Crippen LogP contribution in [0.4, 0.5) is 0 Å². The Morgan fingerprint density at radius 1 is 1.15 bits per heavy atom. The molecule has 7 nitrogen and oxygen atoms in total. The highest BCUT2D eigenvalue weighted by Crippen LogP contribution is 2.13. The number of sulfonamides is 1. The number of carbonyl (C=O) groups excluding carboxylic acids is 2. The van der Waals surface area contributed by atoms with Gasteiger partial charge in [-0.3, -0.25) is 9.59 Å². The average molecular weight is 299 g/mol. The van der Waals surface area contributed by atoms with Crippen molar-refractivity contribution in [3.05, 3.63) is 29.3 Å². The lowest BCUT2D eigenvalue weighted by molar-refractivity contribution is -0.118. The normalized spacial score (nSPS) is 10.9. The van der Waals surface area contributed by atoms with Gasteiger partial charge in [0.25, 0.3) is 5.91 Å². The molecule has 0 heterocycles. The Hall–Kier alpha value is -1.93. The van der Waals surface area contributed by atoms with Crippen LogP contribution in [-0.2, 0) is 14.8 Å². The molecule has 8 heteroatoms. The van der Waals surface area contributed by atoms with Gasteiger partial charge in [0.05, 0.1) is 4.90 Å². The molecule has 0 aliphatic carbocycles. The SMILES string of the molecule is CC(=O)NCCNC(=O)c1cc(C)cc(S(N)(=O)=O)c1. The lowest BCUT2D eigenvalue weighted by atomic mass is 10.1. The Kier molecular flexibility index (Phi) is 5.23. The van der Waals surface area contributed by atoms with Crippen LogP contribution in [-0.4, -0.2) is 33.3 Å². The van der Waals surface area contributed by atoms with Gasteiger partial charge < -0.3 is 10.6 Å². The van der Waals surface area contributed by atoms with E-state index < -0.39 is 15.9 Å². The van der Waals surface area contributed by atoms with Gasteiger partial charge in [-0.25, -0.2) is 13.6 Å². The summed E-state index contributed by atoms with van der Waals surface area (Å²) in [6.07, 6.45) is 0. The molecule has 0 radical (unpaired) electrons. The maximum atomic E-state index is 11.9. The highest BCUT2D eigenvalue weighted by atomic mass is 32.2. The molecule has 0 fully saturated rings. The Morgan fingerprint density at radius 3 is 2.30 bits per heavy atom. The smallest absolute Gasteiger partial charge is 0.251 e. The van der Waals surface area contributed by atoms with Crippen LogP contribution in [0.3, 0.4) is 0 Å². The Balaban J connectivity index is 2.78. The summed E-state index contributed by atoms with van der Waals surface area (Å²) in [6, 6.07) is 4.17. The molecular formula is C12H17N3O4S. The minimum absolute atomic E-state index is 0.107. The Bertz CT molecular complexity index is 626. The lowest BCUT2D eigenvalue weighted by Gasteiger charge is -2.08. The van der Waals surface area contributed by atoms with Gasteiger partial charge in [0.15, 0.2) is 0 Å². The van der Waals surface area contributed by atoms with Crippen molar-refractivity contribution >= 4 is 21.8 Å². The van der Waals surface area contributed by atoms with Gasteiger partial charge in [0.1, 0.15) is 0 Å². The van der Waals surface area contributed by atoms with E-state index in [0.717, 1.165) is 0 Å². The summed E-state index contributed by atoms with van der Waals surface area (Å²) in [5.41, 5.74) is 0.820. The Morgan fingerprint density at radius 2 is 1.75 bits per heavy atom. The van der Waals surface area contributed by atoms with E-state index in [2.05, 4.69) is 10.6 Å². The van der Waals surface area contributed by atoms with E-state index in [1.54, 1.807) is 13.0 Å². The van der Waals surface area contributed by atoms with Crippen LogP contribution < -0.4 is 15.8 Å². The number of aryl methyl sites for hydroxylation is 1. The average Bonchev–Trinajstić information content (AvgIpc) is 2.32. The van der Waals surface area contributed by atoms with Crippen LogP contribution >= 0.6 is 0 Å². The van der Waals surface area contributed by atoms with E-state index in [1.807, 2.05) is 0 Å². The zero-order chi connectivity index (χ0) is 15.3. The number of nitrogens with two attached hydrogens (primary N) is 1. The summed E-state index contributed by atoms with van der Waals surface area (Å²) < 4.78 is 22.6. The van der Waals surface area contributed by atoms with Crippen LogP contribution in [0.25, 0.3) is 0 Å². The number of hydrogen-bond acceptors (Lipinski definition) is 4. The van der Waals surface area contributed by atoms with Gasteiger partial charge in [-0.2, -0.15) is 0 Å². The summed E-state index contributed by atoms with van der Waals surface area (Å²) >= 11 is 0. The summed E-state index contributed by atoms with van der Waals surface area (Å²) in [4.78, 5) is 22.4. The number of primary sulfonamides is 1. The lowest BCUT2D eigenvalue weighted by Crippen LogP contribution is -2.33. The molecule has 110 valence electrons. The summed E-state index contributed by atoms with van der Waals surface area (Å²) in [5, 5.41) is 10.1. The second-order valence-corrected chi connectivity index (χ2v) is 5.88. The van der Waals surface area contributed by atoms with Crippen LogP contribution in [0.15, 0.2) is 23.1 Å². The number of rotatable bonds is 5. The topological polar surface area (TPSA) is 118 Å². The van der Waals surface area contributed by atoms with Crippen LogP contribution in [0.1, 0.15) is 22.8 Å². The summed E-state index contributed by atoms with van der Waals surface area (Å²) in [6.45, 7) is 3.59. The van der Waals surface area contributed by atoms with Crippen molar-refractivity contribution in [3.63, 3.8) is 0 Å². The van der Waals surface area contributed by atoms with Gasteiger partial charge in [-0.1, -0.05) is 0 Å². The molecule has 0 aliphatic rings. The molecule has 0 aliphatic heterocycles. The van der Waals surface area contributed by atoms with Crippen molar-refractivity contribution in [3.8, 4) is 0 Å². The molecule has 2 amide bonds. The number of benzene rings is 1. The first-order chi connectivity index (χ1) is 9.20. The predicted molar refractivity (Wildman–Crippen MR) is 73.6 cm³/mol. The van der Waals surface area contributed by atoms with E-state index in [1.165, 1.54) is 19.1 Å². The highest BCUT2D eigenvalue weighted by molar-refractivity contribution is 7.89. The first kappa shape index (κ1) is 16.1. The van der Waals surface area contributed by atoms with Crippen molar-refractivity contribution in [1.29, 1.82) is 0 Å². The quantitative estimate of drug-likeness (QED) is 0.635. The molecule has 0 spiro atoms. The van der Waals surface area contributed by atoms with Crippen molar-refractivity contribution in [1.82, 2.24) is 10.6 Å². The fourth-order valence-electron chi connectivity index (χ4n) is 1.56. The molecule has 4 N–H and O–H groups in total. The third-order valence-electron chi connectivity index (χ3n) is 2.43. The maximum Gasteiger partial charge on any atom is 0.251 e. The molecule has 0 saturated heterocycles. The highest BCUT2D eigenvalue weighted by Gasteiger charge is 2.13. The van der Waals surface area contributed by atoms with Gasteiger partial charge in [0, 0.05) is 25.6 Å². The molecule has 0 bridgehead atoms. The van der Waals surface area contributed by atoms with E-state index in [-0.39, 0.29) is 22.9 Å². The molecule has 0 atom stereocenters. The number of carbonyl (C=O) groups is 2. The van der Waals surface area contributed by atoms with Crippen molar-refractivity contribution in [2.75, 3.05) is 13.1 Å². The zero-order valence-electron chi connectivity index (χ0n) is 11.3. The van der Waals surface area contributed by atoms with Crippen molar-refractivity contribution in [2.45, 2.75) is 18.7 Å².